The van der Waals surface area contributed by atoms with E-state index in [1.807, 2.05) is 25.1 Å². The summed E-state index contributed by atoms with van der Waals surface area (Å²) in [6.07, 6.45) is 1.32. The van der Waals surface area contributed by atoms with Crippen LogP contribution in [0.4, 0.5) is 5.69 Å². The molecule has 20 heavy (non-hydrogen) atoms. The Kier molecular flexibility index (Phi) is 3.40. The fourth-order valence-corrected chi connectivity index (χ4v) is 2.73. The van der Waals surface area contributed by atoms with Crippen LogP contribution in [-0.2, 0) is 17.8 Å². The molecule has 1 aromatic heterocycles. The molecular weight excluding hydrogens is 274 g/mol. The lowest BCUT2D eigenvalue weighted by Crippen LogP contribution is -2.35. The van der Waals surface area contributed by atoms with Gasteiger partial charge in [-0.1, -0.05) is 29.8 Å². The van der Waals surface area contributed by atoms with Crippen LogP contribution in [0, 0.1) is 6.92 Å². The minimum atomic E-state index is 0.102. The Bertz CT molecular complexity index is 652. The average molecular weight is 288 g/mol. The Morgan fingerprint density at radius 3 is 2.85 bits per heavy atom. The van der Waals surface area contributed by atoms with Gasteiger partial charge in [-0.25, -0.2) is 9.97 Å². The van der Waals surface area contributed by atoms with Crippen molar-refractivity contribution < 1.29 is 4.79 Å². The van der Waals surface area contributed by atoms with E-state index >= 15 is 0 Å². The summed E-state index contributed by atoms with van der Waals surface area (Å²) in [4.78, 5) is 22.5. The number of rotatable bonds is 2. The molecule has 1 amide bonds. The largest absolute Gasteiger partial charge is 0.304 e. The van der Waals surface area contributed by atoms with E-state index in [0.29, 0.717) is 23.9 Å². The number of halogens is 1. The third-order valence-electron chi connectivity index (χ3n) is 3.36. The van der Waals surface area contributed by atoms with Gasteiger partial charge in [-0.15, -0.1) is 0 Å². The average Bonchev–Trinajstić information content (AvgIpc) is 2.41. The zero-order chi connectivity index (χ0) is 14.1. The SMILES string of the molecule is Cc1cc(Cl)nc(CN2C(=O)CCc3ccccc32)n1. The van der Waals surface area contributed by atoms with Gasteiger partial charge in [-0.05, 0) is 31.0 Å². The number of anilines is 1. The van der Waals surface area contributed by atoms with Crippen molar-refractivity contribution in [2.24, 2.45) is 0 Å². The Morgan fingerprint density at radius 1 is 1.25 bits per heavy atom. The number of aryl methyl sites for hydroxylation is 2. The van der Waals surface area contributed by atoms with E-state index in [9.17, 15) is 4.79 Å². The molecule has 1 aliphatic rings. The minimum absolute atomic E-state index is 0.102. The van der Waals surface area contributed by atoms with Crippen molar-refractivity contribution in [3.63, 3.8) is 0 Å². The van der Waals surface area contributed by atoms with Gasteiger partial charge >= 0.3 is 0 Å². The number of carbonyl (C=O) groups excluding carboxylic acids is 1. The molecule has 1 aliphatic heterocycles. The maximum absolute atomic E-state index is 12.2. The Labute approximate surface area is 122 Å². The molecule has 0 bridgehead atoms. The van der Waals surface area contributed by atoms with Crippen LogP contribution in [0.15, 0.2) is 30.3 Å². The Morgan fingerprint density at radius 2 is 2.05 bits per heavy atom. The van der Waals surface area contributed by atoms with Crippen LogP contribution in [0.2, 0.25) is 5.15 Å². The number of para-hydroxylation sites is 1. The molecule has 2 heterocycles. The number of carbonyl (C=O) groups is 1. The highest BCUT2D eigenvalue weighted by atomic mass is 35.5. The fraction of sp³-hybridized carbons (Fsp3) is 0.267. The van der Waals surface area contributed by atoms with Crippen LogP contribution in [0.3, 0.4) is 0 Å². The first-order chi connectivity index (χ1) is 9.63. The molecule has 0 saturated carbocycles. The monoisotopic (exact) mass is 287 g/mol. The topological polar surface area (TPSA) is 46.1 Å². The fourth-order valence-electron chi connectivity index (χ4n) is 2.47. The van der Waals surface area contributed by atoms with E-state index in [2.05, 4.69) is 16.0 Å². The molecule has 0 N–H and O–H groups in total. The second-order valence-corrected chi connectivity index (χ2v) is 5.24. The molecule has 4 nitrogen and oxygen atoms in total. The lowest BCUT2D eigenvalue weighted by atomic mass is 10.0. The van der Waals surface area contributed by atoms with Gasteiger partial charge in [0.05, 0.1) is 6.54 Å². The van der Waals surface area contributed by atoms with Crippen LogP contribution in [0.25, 0.3) is 0 Å². The zero-order valence-electron chi connectivity index (χ0n) is 11.1. The van der Waals surface area contributed by atoms with E-state index in [4.69, 9.17) is 11.6 Å². The summed E-state index contributed by atoms with van der Waals surface area (Å²) in [5, 5.41) is 0.408. The Balaban J connectivity index is 1.95. The summed E-state index contributed by atoms with van der Waals surface area (Å²) >= 11 is 5.95. The molecule has 2 aromatic rings. The maximum Gasteiger partial charge on any atom is 0.227 e. The number of fused-ring (bicyclic) bond motifs is 1. The van der Waals surface area contributed by atoms with Gasteiger partial charge < -0.3 is 4.90 Å². The molecule has 0 aliphatic carbocycles. The number of hydrogen-bond donors (Lipinski definition) is 0. The molecule has 0 saturated heterocycles. The summed E-state index contributed by atoms with van der Waals surface area (Å²) in [7, 11) is 0. The third kappa shape index (κ3) is 2.51. The summed E-state index contributed by atoms with van der Waals surface area (Å²) in [6.45, 7) is 2.22. The van der Waals surface area contributed by atoms with Crippen molar-refractivity contribution in [3.05, 3.63) is 52.6 Å². The van der Waals surface area contributed by atoms with Crippen molar-refractivity contribution in [2.75, 3.05) is 4.90 Å². The molecule has 1 aromatic carbocycles. The molecule has 102 valence electrons. The first-order valence-electron chi connectivity index (χ1n) is 6.52. The van der Waals surface area contributed by atoms with E-state index in [0.717, 1.165) is 17.8 Å². The smallest absolute Gasteiger partial charge is 0.227 e. The normalized spacial score (nSPS) is 14.3. The second kappa shape index (κ2) is 5.21. The number of benzene rings is 1. The quantitative estimate of drug-likeness (QED) is 0.798. The molecule has 0 spiro atoms. The Hall–Kier alpha value is -1.94. The highest BCUT2D eigenvalue weighted by Crippen LogP contribution is 2.28. The van der Waals surface area contributed by atoms with Crippen molar-refractivity contribution in [1.82, 2.24) is 9.97 Å². The molecule has 0 unspecified atom stereocenters. The highest BCUT2D eigenvalue weighted by molar-refractivity contribution is 6.29. The molecule has 0 atom stereocenters. The van der Waals surface area contributed by atoms with Crippen LogP contribution < -0.4 is 4.90 Å². The molecule has 0 fully saturated rings. The molecule has 0 radical (unpaired) electrons. The van der Waals surface area contributed by atoms with Crippen molar-refractivity contribution in [1.29, 1.82) is 0 Å². The van der Waals surface area contributed by atoms with Gasteiger partial charge in [0.25, 0.3) is 0 Å². The number of hydrogen-bond acceptors (Lipinski definition) is 3. The first kappa shape index (κ1) is 13.1. The molecule has 5 heteroatoms. The predicted molar refractivity (Wildman–Crippen MR) is 77.7 cm³/mol. The predicted octanol–water partition coefficient (Wildman–Crippen LogP) is 2.92. The van der Waals surface area contributed by atoms with E-state index in [1.54, 1.807) is 11.0 Å². The summed E-state index contributed by atoms with van der Waals surface area (Å²) in [6, 6.07) is 9.65. The van der Waals surface area contributed by atoms with Gasteiger partial charge in [-0.2, -0.15) is 0 Å². The maximum atomic E-state index is 12.2. The van der Waals surface area contributed by atoms with Crippen LogP contribution in [0.5, 0.6) is 0 Å². The summed E-state index contributed by atoms with van der Waals surface area (Å²) in [5.41, 5.74) is 2.94. The third-order valence-corrected chi connectivity index (χ3v) is 3.55. The van der Waals surface area contributed by atoms with E-state index in [-0.39, 0.29) is 5.91 Å². The van der Waals surface area contributed by atoms with Crippen molar-refractivity contribution >= 4 is 23.2 Å². The van der Waals surface area contributed by atoms with Crippen LogP contribution in [-0.4, -0.2) is 15.9 Å². The number of amides is 1. The standard InChI is InChI=1S/C15H14ClN3O/c1-10-8-13(16)18-14(17-10)9-19-12-5-3-2-4-11(12)6-7-15(19)20/h2-5,8H,6-7,9H2,1H3. The summed E-state index contributed by atoms with van der Waals surface area (Å²) in [5.74, 6) is 0.671. The minimum Gasteiger partial charge on any atom is -0.304 e. The van der Waals surface area contributed by atoms with Gasteiger partial charge in [0.15, 0.2) is 0 Å². The lowest BCUT2D eigenvalue weighted by Gasteiger charge is -2.28. The molecular formula is C15H14ClN3O. The number of nitrogens with zero attached hydrogens (tertiary/aromatic N) is 3. The summed E-state index contributed by atoms with van der Waals surface area (Å²) < 4.78 is 0. The van der Waals surface area contributed by atoms with Crippen LogP contribution in [0.1, 0.15) is 23.5 Å². The highest BCUT2D eigenvalue weighted by Gasteiger charge is 2.24. The molecule has 3 rings (SSSR count). The zero-order valence-corrected chi connectivity index (χ0v) is 11.9. The second-order valence-electron chi connectivity index (χ2n) is 4.86. The lowest BCUT2D eigenvalue weighted by molar-refractivity contribution is -0.119. The van der Waals surface area contributed by atoms with Gasteiger partial charge in [0.2, 0.25) is 5.91 Å². The van der Waals surface area contributed by atoms with Crippen LogP contribution >= 0.6 is 11.6 Å². The number of aromatic nitrogens is 2. The van der Waals surface area contributed by atoms with Gasteiger partial charge in [-0.3, -0.25) is 4.79 Å². The van der Waals surface area contributed by atoms with Gasteiger partial charge in [0.1, 0.15) is 11.0 Å². The first-order valence-corrected chi connectivity index (χ1v) is 6.89. The van der Waals surface area contributed by atoms with E-state index in [1.165, 1.54) is 5.56 Å². The van der Waals surface area contributed by atoms with E-state index < -0.39 is 0 Å². The van der Waals surface area contributed by atoms with Gasteiger partial charge in [0, 0.05) is 17.8 Å². The van der Waals surface area contributed by atoms with Crippen molar-refractivity contribution in [3.8, 4) is 0 Å². The van der Waals surface area contributed by atoms with Crippen molar-refractivity contribution in [2.45, 2.75) is 26.3 Å².